The Morgan fingerprint density at radius 1 is 0.439 bits per heavy atom. The molecule has 0 aliphatic carbocycles. The second-order valence-corrected chi connectivity index (χ2v) is 19.0. The lowest BCUT2D eigenvalue weighted by Crippen LogP contribution is -2.37. The molecule has 0 bridgehead atoms. The number of anilines is 3. The van der Waals surface area contributed by atoms with Crippen molar-refractivity contribution in [2.75, 3.05) is 148 Å². The van der Waals surface area contributed by atoms with E-state index in [9.17, 15) is 39.9 Å². The van der Waals surface area contributed by atoms with Crippen molar-refractivity contribution in [3.05, 3.63) is 0 Å². The number of rotatable bonds is 46. The van der Waals surface area contributed by atoms with Gasteiger partial charge in [-0.2, -0.15) is 15.0 Å². The van der Waals surface area contributed by atoms with Crippen LogP contribution in [0.4, 0.5) is 17.8 Å². The molecule has 1 aromatic rings. The highest BCUT2D eigenvalue weighted by molar-refractivity contribution is 6.56. The van der Waals surface area contributed by atoms with Gasteiger partial charge in [0.15, 0.2) is 0 Å². The molecule has 0 saturated heterocycles. The minimum Gasteiger partial charge on any atom is -0.390 e. The lowest BCUT2D eigenvalue weighted by molar-refractivity contribution is -0.0339. The van der Waals surface area contributed by atoms with Crippen molar-refractivity contribution in [2.45, 2.75) is 89.1 Å². The number of hydrogen-bond donors (Lipinski definition) is 12. The van der Waals surface area contributed by atoms with E-state index in [1.165, 1.54) is 9.80 Å². The van der Waals surface area contributed by atoms with E-state index in [-0.39, 0.29) is 156 Å². The summed E-state index contributed by atoms with van der Waals surface area (Å²) in [7, 11) is -8.41. The van der Waals surface area contributed by atoms with Crippen LogP contribution in [0.2, 0.25) is 12.1 Å². The normalized spacial score (nSPS) is 14.6. The summed E-state index contributed by atoms with van der Waals surface area (Å²) in [4.78, 5) is 71.5. The summed E-state index contributed by atoms with van der Waals surface area (Å²) in [5, 5.41) is 55.0. The number of hydrogen-bond acceptors (Lipinski definition) is 27. The van der Waals surface area contributed by atoms with E-state index in [0.29, 0.717) is 19.8 Å². The van der Waals surface area contributed by atoms with Crippen molar-refractivity contribution in [1.29, 1.82) is 0 Å². The van der Waals surface area contributed by atoms with E-state index < -0.39 is 48.1 Å². The first-order chi connectivity index (χ1) is 31.5. The summed E-state index contributed by atoms with van der Waals surface area (Å²) in [6.07, 6.45) is -3.03. The van der Waals surface area contributed by atoms with Gasteiger partial charge in [0.2, 0.25) is 17.8 Å². The minimum atomic E-state index is -4.22. The highest BCUT2D eigenvalue weighted by Crippen LogP contribution is 2.18. The predicted molar refractivity (Wildman–Crippen MR) is 237 cm³/mol. The molecular weight excluding hydrogens is 921 g/mol. The Kier molecular flexibility index (Phi) is 35.6. The van der Waals surface area contributed by atoms with Gasteiger partial charge in [-0.15, -0.1) is 0 Å². The summed E-state index contributed by atoms with van der Waals surface area (Å²) in [5.74, 6) is -0.163. The second-order valence-electron chi connectivity index (χ2n) is 15.0. The molecule has 2 unspecified atom stereocenters. The Morgan fingerprint density at radius 3 is 1.09 bits per heavy atom. The van der Waals surface area contributed by atoms with Gasteiger partial charge in [0, 0.05) is 45.1 Å². The second kappa shape index (κ2) is 37.8. The van der Waals surface area contributed by atoms with Crippen LogP contribution in [-0.4, -0.2) is 250 Å². The summed E-state index contributed by atoms with van der Waals surface area (Å²) in [5.41, 5.74) is 0. The predicted octanol–water partition coefficient (Wildman–Crippen LogP) is -3.89. The standard InChI is InChI=1S/C37H78N6O21Si2/c1-4-7-10-57-18-33(47)23-63-28-43(29-64-24-34(48)19-59-12-9-14-66(52,53)54)37-40-35(38-25-60-20-32(46)17-58-11-8-13-65(49,50)51)39-36(41-37)42(26-61-21-30(44)15-55-5-2)27-62-22-31(45)16-56-6-3/h30-34,44-54H,4-29H2,1-3H3,(H,38,39,40,41)/t30-,31-,32?,33?,34+/m0/s1. The molecule has 5 atom stereocenters. The molecule has 0 aliphatic rings. The molecule has 0 aliphatic heterocycles. The van der Waals surface area contributed by atoms with Crippen LogP contribution in [0.25, 0.3) is 0 Å². The summed E-state index contributed by atoms with van der Waals surface area (Å²) in [6.45, 7) is 4.53. The Hall–Kier alpha value is -2.00. The molecule has 0 saturated carbocycles. The Bertz CT molecular complexity index is 1280. The van der Waals surface area contributed by atoms with Crippen LogP contribution in [0.1, 0.15) is 46.5 Å². The highest BCUT2D eigenvalue weighted by Gasteiger charge is 2.27. The van der Waals surface area contributed by atoms with Gasteiger partial charge in [-0.25, -0.2) is 0 Å². The number of aromatic nitrogens is 3. The maximum Gasteiger partial charge on any atom is 0.492 e. The smallest absolute Gasteiger partial charge is 0.390 e. The molecule has 1 heterocycles. The van der Waals surface area contributed by atoms with E-state index in [1.54, 1.807) is 13.8 Å². The number of nitrogens with zero attached hydrogens (tertiary/aromatic N) is 5. The molecule has 27 nitrogen and oxygen atoms in total. The molecule has 12 N–H and O–H groups in total. The van der Waals surface area contributed by atoms with E-state index in [2.05, 4.69) is 20.3 Å². The molecule has 390 valence electrons. The maximum atomic E-state index is 10.5. The first-order valence-corrected chi connectivity index (χ1v) is 26.1. The lowest BCUT2D eigenvalue weighted by atomic mass is 10.3. The van der Waals surface area contributed by atoms with E-state index >= 15 is 0 Å². The Morgan fingerprint density at radius 2 is 0.758 bits per heavy atom. The molecule has 0 spiro atoms. The third-order valence-electron chi connectivity index (χ3n) is 8.25. The summed E-state index contributed by atoms with van der Waals surface area (Å²) < 4.78 is 55.5. The molecule has 0 radical (unpaired) electrons. The maximum absolute atomic E-state index is 10.5. The molecular formula is C37H78N6O21Si2. The number of unbranched alkanes of at least 4 members (excludes halogenated alkanes) is 1. The van der Waals surface area contributed by atoms with E-state index in [1.807, 2.05) is 6.92 Å². The fraction of sp³-hybridized carbons (Fsp3) is 0.919. The fourth-order valence-corrected chi connectivity index (χ4v) is 6.24. The third-order valence-corrected chi connectivity index (χ3v) is 10.3. The topological polar surface area (TPSA) is 372 Å². The van der Waals surface area contributed by atoms with Crippen LogP contribution in [0.3, 0.4) is 0 Å². The van der Waals surface area contributed by atoms with Gasteiger partial charge >= 0.3 is 17.6 Å². The van der Waals surface area contributed by atoms with Crippen LogP contribution >= 0.6 is 0 Å². The van der Waals surface area contributed by atoms with Crippen molar-refractivity contribution < 1.29 is 102 Å². The molecule has 1 aromatic heterocycles. The highest BCUT2D eigenvalue weighted by atomic mass is 28.4. The summed E-state index contributed by atoms with van der Waals surface area (Å²) >= 11 is 0. The molecule has 0 aromatic carbocycles. The first kappa shape index (κ1) is 62.0. The first-order valence-electron chi connectivity index (χ1n) is 22.0. The van der Waals surface area contributed by atoms with Gasteiger partial charge in [0.25, 0.3) is 0 Å². The van der Waals surface area contributed by atoms with E-state index in [0.717, 1.165) is 12.8 Å². The van der Waals surface area contributed by atoms with Crippen molar-refractivity contribution in [2.24, 2.45) is 0 Å². The van der Waals surface area contributed by atoms with Crippen molar-refractivity contribution in [3.63, 3.8) is 0 Å². The molecule has 29 heteroatoms. The largest absolute Gasteiger partial charge is 0.492 e. The van der Waals surface area contributed by atoms with Gasteiger partial charge in [-0.1, -0.05) is 13.3 Å². The molecule has 66 heavy (non-hydrogen) atoms. The SMILES string of the molecule is CCCCOCC(O)COCN(COC[C@H](O)COCCC[Si](O)(O)O)c1nc(NCOCC(O)COCCC[Si](O)(O)O)nc(N(COC[C@@H](O)COCC)COC[C@@H](O)COCC)n1. The van der Waals surface area contributed by atoms with Crippen LogP contribution in [-0.2, 0) is 47.4 Å². The molecule has 0 amide bonds. The number of nitrogens with one attached hydrogen (secondary N) is 1. The monoisotopic (exact) mass is 998 g/mol. The quantitative estimate of drug-likeness (QED) is 0.0169. The van der Waals surface area contributed by atoms with Gasteiger partial charge in [0.05, 0.1) is 66.1 Å². The van der Waals surface area contributed by atoms with Gasteiger partial charge in [-0.3, -0.25) is 9.80 Å². The van der Waals surface area contributed by atoms with Crippen LogP contribution in [0, 0.1) is 0 Å². The fourth-order valence-electron chi connectivity index (χ4n) is 5.00. The Balaban J connectivity index is 3.37. The van der Waals surface area contributed by atoms with Gasteiger partial charge in [-0.05, 0) is 33.1 Å². The van der Waals surface area contributed by atoms with Crippen molar-refractivity contribution >= 4 is 35.5 Å². The van der Waals surface area contributed by atoms with Crippen LogP contribution in [0.15, 0.2) is 0 Å². The van der Waals surface area contributed by atoms with E-state index in [4.69, 9.17) is 61.8 Å². The van der Waals surface area contributed by atoms with Crippen molar-refractivity contribution in [3.8, 4) is 0 Å². The lowest BCUT2D eigenvalue weighted by Gasteiger charge is -2.27. The number of aliphatic hydroxyl groups is 5. The minimum absolute atomic E-state index is 0.0229. The Labute approximate surface area is 388 Å². The zero-order chi connectivity index (χ0) is 49.1. The average Bonchev–Trinajstić information content (AvgIpc) is 3.25. The average molecular weight is 999 g/mol. The van der Waals surface area contributed by atoms with Gasteiger partial charge < -0.3 is 107 Å². The van der Waals surface area contributed by atoms with Gasteiger partial charge in [0.1, 0.15) is 64.2 Å². The van der Waals surface area contributed by atoms with Crippen LogP contribution < -0.4 is 15.1 Å². The number of aliphatic hydroxyl groups excluding tert-OH is 5. The molecule has 0 fully saturated rings. The third kappa shape index (κ3) is 35.2. The van der Waals surface area contributed by atoms with Crippen LogP contribution in [0.5, 0.6) is 0 Å². The zero-order valence-electron chi connectivity index (χ0n) is 38.5. The molecule has 1 rings (SSSR count). The summed E-state index contributed by atoms with van der Waals surface area (Å²) in [6, 6.07) is -0.436. The number of ether oxygens (including phenoxy) is 10. The van der Waals surface area contributed by atoms with Crippen molar-refractivity contribution in [1.82, 2.24) is 15.0 Å². The zero-order valence-corrected chi connectivity index (χ0v) is 40.5.